The highest BCUT2D eigenvalue weighted by Gasteiger charge is 2.13. The zero-order chi connectivity index (χ0) is 17.1. The average molecular weight is 323 g/mol. The van der Waals surface area contributed by atoms with Gasteiger partial charge >= 0.3 is 0 Å². The molecule has 0 saturated carbocycles. The van der Waals surface area contributed by atoms with Crippen molar-refractivity contribution in [2.45, 2.75) is 26.7 Å². The van der Waals surface area contributed by atoms with E-state index in [-0.39, 0.29) is 0 Å². The van der Waals surface area contributed by atoms with Gasteiger partial charge in [0, 0.05) is 19.7 Å². The topological polar surface area (TPSA) is 67.9 Å². The van der Waals surface area contributed by atoms with Crippen LogP contribution in [0.15, 0.2) is 35.1 Å². The van der Waals surface area contributed by atoms with E-state index in [0.717, 1.165) is 24.2 Å². The molecule has 1 aromatic carbocycles. The second-order valence-corrected chi connectivity index (χ2v) is 5.97. The van der Waals surface area contributed by atoms with Crippen molar-refractivity contribution < 1.29 is 4.52 Å². The van der Waals surface area contributed by atoms with Crippen molar-refractivity contribution in [3.05, 3.63) is 41.7 Å². The first-order valence-corrected chi connectivity index (χ1v) is 8.02. The van der Waals surface area contributed by atoms with Crippen molar-refractivity contribution in [1.29, 1.82) is 0 Å². The zero-order valence-electron chi connectivity index (χ0n) is 14.4. The van der Waals surface area contributed by atoms with E-state index in [0.29, 0.717) is 17.4 Å². The monoisotopic (exact) mass is 323 g/mol. The van der Waals surface area contributed by atoms with Crippen LogP contribution in [0.1, 0.15) is 24.5 Å². The van der Waals surface area contributed by atoms with Crippen molar-refractivity contribution in [2.75, 3.05) is 19.0 Å². The Morgan fingerprint density at radius 2 is 1.96 bits per heavy atom. The summed E-state index contributed by atoms with van der Waals surface area (Å²) in [7, 11) is 3.83. The molecule has 124 valence electrons. The molecule has 0 aliphatic carbocycles. The van der Waals surface area contributed by atoms with E-state index in [4.69, 9.17) is 4.52 Å². The Morgan fingerprint density at radius 3 is 2.58 bits per heavy atom. The summed E-state index contributed by atoms with van der Waals surface area (Å²) in [6.45, 7) is 4.29. The minimum Gasteiger partial charge on any atom is -0.361 e. The Morgan fingerprint density at radius 1 is 1.12 bits per heavy atom. The summed E-state index contributed by atoms with van der Waals surface area (Å²) < 4.78 is 5.40. The van der Waals surface area contributed by atoms with Crippen LogP contribution in [0.2, 0.25) is 0 Å². The Hall–Kier alpha value is -2.76. The van der Waals surface area contributed by atoms with Gasteiger partial charge in [-0.25, -0.2) is 9.97 Å². The van der Waals surface area contributed by atoms with Gasteiger partial charge in [0.25, 0.3) is 5.89 Å². The predicted octanol–water partition coefficient (Wildman–Crippen LogP) is 3.52. The van der Waals surface area contributed by atoms with Crippen LogP contribution in [0.5, 0.6) is 0 Å². The second-order valence-electron chi connectivity index (χ2n) is 5.97. The standard InChI is InChI=1S/C18H21N5O/c1-5-6-13-7-8-14(9-12(13)2)18-21-17(22-24-18)15-10-20-16(11-19-15)23(3)4/h7-11H,5-6H2,1-4H3. The third-order valence-corrected chi connectivity index (χ3v) is 3.86. The third kappa shape index (κ3) is 3.27. The van der Waals surface area contributed by atoms with Crippen LogP contribution in [0.3, 0.4) is 0 Å². The Balaban J connectivity index is 1.86. The van der Waals surface area contributed by atoms with E-state index in [1.807, 2.05) is 25.1 Å². The van der Waals surface area contributed by atoms with Gasteiger partial charge in [0.2, 0.25) is 5.82 Å². The molecular weight excluding hydrogens is 302 g/mol. The molecule has 3 rings (SSSR count). The molecule has 3 aromatic rings. The Labute approximate surface area is 141 Å². The molecule has 0 aliphatic heterocycles. The lowest BCUT2D eigenvalue weighted by Gasteiger charge is -2.09. The number of nitrogens with zero attached hydrogens (tertiary/aromatic N) is 5. The van der Waals surface area contributed by atoms with Gasteiger partial charge < -0.3 is 9.42 Å². The molecule has 6 nitrogen and oxygen atoms in total. The quantitative estimate of drug-likeness (QED) is 0.715. The fourth-order valence-electron chi connectivity index (χ4n) is 2.49. The number of hydrogen-bond acceptors (Lipinski definition) is 6. The molecule has 6 heteroatoms. The predicted molar refractivity (Wildman–Crippen MR) is 93.8 cm³/mol. The van der Waals surface area contributed by atoms with Crippen molar-refractivity contribution in [3.8, 4) is 23.0 Å². The number of aryl methyl sites for hydroxylation is 2. The molecule has 0 N–H and O–H groups in total. The maximum atomic E-state index is 5.40. The van der Waals surface area contributed by atoms with E-state index >= 15 is 0 Å². The minimum absolute atomic E-state index is 0.443. The lowest BCUT2D eigenvalue weighted by atomic mass is 10.0. The van der Waals surface area contributed by atoms with E-state index in [2.05, 4.69) is 46.1 Å². The molecule has 0 saturated heterocycles. The average Bonchev–Trinajstić information content (AvgIpc) is 3.07. The highest BCUT2D eigenvalue weighted by atomic mass is 16.5. The van der Waals surface area contributed by atoms with Crippen LogP contribution >= 0.6 is 0 Å². The number of aromatic nitrogens is 4. The first-order chi connectivity index (χ1) is 11.6. The molecule has 0 unspecified atom stereocenters. The molecule has 0 radical (unpaired) electrons. The summed E-state index contributed by atoms with van der Waals surface area (Å²) >= 11 is 0. The summed E-state index contributed by atoms with van der Waals surface area (Å²) in [5.74, 6) is 1.72. The first-order valence-electron chi connectivity index (χ1n) is 8.02. The van der Waals surface area contributed by atoms with Gasteiger partial charge in [0.15, 0.2) is 0 Å². The van der Waals surface area contributed by atoms with Crippen molar-refractivity contribution in [3.63, 3.8) is 0 Å². The van der Waals surface area contributed by atoms with Crippen molar-refractivity contribution >= 4 is 5.82 Å². The van der Waals surface area contributed by atoms with Crippen LogP contribution < -0.4 is 4.90 Å². The summed E-state index contributed by atoms with van der Waals surface area (Å²) in [5, 5.41) is 4.02. The Bertz CT molecular complexity index is 824. The zero-order valence-corrected chi connectivity index (χ0v) is 14.4. The third-order valence-electron chi connectivity index (χ3n) is 3.86. The molecule has 24 heavy (non-hydrogen) atoms. The first kappa shape index (κ1) is 16.1. The molecule has 0 spiro atoms. The van der Waals surface area contributed by atoms with Gasteiger partial charge in [-0.15, -0.1) is 0 Å². The summed E-state index contributed by atoms with van der Waals surface area (Å²) in [4.78, 5) is 15.0. The summed E-state index contributed by atoms with van der Waals surface area (Å²) in [6, 6.07) is 6.24. The molecule has 2 heterocycles. The number of rotatable bonds is 5. The van der Waals surface area contributed by atoms with Crippen molar-refractivity contribution in [2.24, 2.45) is 0 Å². The van der Waals surface area contributed by atoms with Crippen LogP contribution in [0.4, 0.5) is 5.82 Å². The molecular formula is C18H21N5O. The normalized spacial score (nSPS) is 10.8. The molecule has 0 amide bonds. The van der Waals surface area contributed by atoms with Crippen LogP contribution in [0, 0.1) is 6.92 Å². The fourth-order valence-corrected chi connectivity index (χ4v) is 2.49. The lowest BCUT2D eigenvalue weighted by Crippen LogP contribution is -2.10. The Kier molecular flexibility index (Phi) is 4.55. The summed E-state index contributed by atoms with van der Waals surface area (Å²) in [6.07, 6.45) is 5.55. The maximum Gasteiger partial charge on any atom is 0.258 e. The van der Waals surface area contributed by atoms with E-state index < -0.39 is 0 Å². The lowest BCUT2D eigenvalue weighted by molar-refractivity contribution is 0.432. The van der Waals surface area contributed by atoms with Gasteiger partial charge in [-0.2, -0.15) is 4.98 Å². The van der Waals surface area contributed by atoms with Crippen LogP contribution in [-0.2, 0) is 6.42 Å². The van der Waals surface area contributed by atoms with E-state index in [9.17, 15) is 0 Å². The highest BCUT2D eigenvalue weighted by molar-refractivity contribution is 5.59. The largest absolute Gasteiger partial charge is 0.361 e. The molecule has 0 bridgehead atoms. The minimum atomic E-state index is 0.443. The van der Waals surface area contributed by atoms with Gasteiger partial charge in [-0.05, 0) is 36.6 Å². The number of hydrogen-bond donors (Lipinski definition) is 0. The van der Waals surface area contributed by atoms with Crippen molar-refractivity contribution in [1.82, 2.24) is 20.1 Å². The molecule has 0 aliphatic rings. The fraction of sp³-hybridized carbons (Fsp3) is 0.333. The van der Waals surface area contributed by atoms with E-state index in [1.54, 1.807) is 12.4 Å². The maximum absolute atomic E-state index is 5.40. The van der Waals surface area contributed by atoms with Gasteiger partial charge in [0.1, 0.15) is 11.5 Å². The SMILES string of the molecule is CCCc1ccc(-c2nc(-c3cnc(N(C)C)cn3)no2)cc1C. The number of anilines is 1. The van der Waals surface area contributed by atoms with Crippen LogP contribution in [-0.4, -0.2) is 34.2 Å². The van der Waals surface area contributed by atoms with Gasteiger partial charge in [-0.1, -0.05) is 24.6 Å². The highest BCUT2D eigenvalue weighted by Crippen LogP contribution is 2.24. The molecule has 2 aromatic heterocycles. The number of benzene rings is 1. The van der Waals surface area contributed by atoms with Gasteiger partial charge in [0.05, 0.1) is 12.4 Å². The summed E-state index contributed by atoms with van der Waals surface area (Å²) in [5.41, 5.74) is 4.11. The van der Waals surface area contributed by atoms with Crippen LogP contribution in [0.25, 0.3) is 23.0 Å². The molecule has 0 fully saturated rings. The smallest absolute Gasteiger partial charge is 0.258 e. The second kappa shape index (κ2) is 6.78. The van der Waals surface area contributed by atoms with E-state index in [1.165, 1.54) is 11.1 Å². The molecule has 0 atom stereocenters. The van der Waals surface area contributed by atoms with Gasteiger partial charge in [-0.3, -0.25) is 0 Å².